The first-order valence-corrected chi connectivity index (χ1v) is 10.6. The van der Waals surface area contributed by atoms with E-state index in [1.54, 1.807) is 37.4 Å². The number of amides is 2. The van der Waals surface area contributed by atoms with Gasteiger partial charge in [0.15, 0.2) is 11.5 Å². The molecule has 0 unspecified atom stereocenters. The third-order valence-corrected chi connectivity index (χ3v) is 5.36. The molecule has 0 radical (unpaired) electrons. The van der Waals surface area contributed by atoms with Crippen LogP contribution in [0.2, 0.25) is 0 Å². The average Bonchev–Trinajstić information content (AvgIpc) is 2.84. The molecule has 2 N–H and O–H groups in total. The predicted molar refractivity (Wildman–Crippen MR) is 127 cm³/mol. The van der Waals surface area contributed by atoms with Crippen LogP contribution in [0.3, 0.4) is 0 Å². The summed E-state index contributed by atoms with van der Waals surface area (Å²) in [5, 5.41) is 6.14. The van der Waals surface area contributed by atoms with Crippen molar-refractivity contribution in [3.05, 3.63) is 54.5 Å². The zero-order valence-corrected chi connectivity index (χ0v) is 18.9. The molecule has 172 valence electrons. The third kappa shape index (κ3) is 5.22. The average molecular weight is 450 g/mol. The SMILES string of the molecule is COc1cccc(NC(=O)N2CCN(c3cc(Nc4cc(C)ccn4)ncn3)CC2)c1OC. The van der Waals surface area contributed by atoms with Gasteiger partial charge in [0.1, 0.15) is 23.8 Å². The van der Waals surface area contributed by atoms with E-state index in [0.717, 1.165) is 17.2 Å². The van der Waals surface area contributed by atoms with Gasteiger partial charge in [-0.05, 0) is 36.8 Å². The monoisotopic (exact) mass is 449 g/mol. The lowest BCUT2D eigenvalue weighted by molar-refractivity contribution is 0.208. The number of pyridine rings is 1. The van der Waals surface area contributed by atoms with Gasteiger partial charge in [0.25, 0.3) is 0 Å². The van der Waals surface area contributed by atoms with E-state index in [1.165, 1.54) is 6.33 Å². The number of hydrogen-bond donors (Lipinski definition) is 2. The molecule has 0 aliphatic carbocycles. The minimum Gasteiger partial charge on any atom is -0.493 e. The van der Waals surface area contributed by atoms with Crippen molar-refractivity contribution in [2.45, 2.75) is 6.92 Å². The number of carbonyl (C=O) groups is 1. The molecule has 0 bridgehead atoms. The Morgan fingerprint density at radius 2 is 1.76 bits per heavy atom. The maximum atomic E-state index is 12.8. The number of anilines is 4. The number of piperazine rings is 1. The van der Waals surface area contributed by atoms with Crippen molar-refractivity contribution in [2.75, 3.05) is 55.9 Å². The molecular formula is C23H27N7O3. The molecule has 0 spiro atoms. The van der Waals surface area contributed by atoms with Crippen molar-refractivity contribution in [1.82, 2.24) is 19.9 Å². The third-order valence-electron chi connectivity index (χ3n) is 5.36. The molecule has 10 heteroatoms. The largest absolute Gasteiger partial charge is 0.493 e. The Balaban J connectivity index is 1.37. The number of aromatic nitrogens is 3. The highest BCUT2D eigenvalue weighted by Crippen LogP contribution is 2.34. The molecule has 4 rings (SSSR count). The van der Waals surface area contributed by atoms with Crippen LogP contribution in [-0.4, -0.2) is 66.3 Å². The summed E-state index contributed by atoms with van der Waals surface area (Å²) >= 11 is 0. The number of rotatable bonds is 6. The number of urea groups is 1. The smallest absolute Gasteiger partial charge is 0.322 e. The highest BCUT2D eigenvalue weighted by Gasteiger charge is 2.23. The van der Waals surface area contributed by atoms with Gasteiger partial charge >= 0.3 is 6.03 Å². The van der Waals surface area contributed by atoms with Gasteiger partial charge in [0, 0.05) is 38.4 Å². The van der Waals surface area contributed by atoms with Crippen molar-refractivity contribution in [2.24, 2.45) is 0 Å². The molecule has 0 atom stereocenters. The summed E-state index contributed by atoms with van der Waals surface area (Å²) in [4.78, 5) is 29.7. The maximum absolute atomic E-state index is 12.8. The summed E-state index contributed by atoms with van der Waals surface area (Å²) < 4.78 is 10.7. The van der Waals surface area contributed by atoms with E-state index < -0.39 is 0 Å². The second-order valence-corrected chi connectivity index (χ2v) is 7.55. The minimum atomic E-state index is -0.184. The van der Waals surface area contributed by atoms with Gasteiger partial charge in [0.05, 0.1) is 19.9 Å². The van der Waals surface area contributed by atoms with E-state index in [1.807, 2.05) is 31.2 Å². The topological polar surface area (TPSA) is 105 Å². The highest BCUT2D eigenvalue weighted by atomic mass is 16.5. The quantitative estimate of drug-likeness (QED) is 0.591. The number of benzene rings is 1. The molecular weight excluding hydrogens is 422 g/mol. The van der Waals surface area contributed by atoms with Gasteiger partial charge in [-0.3, -0.25) is 0 Å². The second kappa shape index (κ2) is 10.0. The van der Waals surface area contributed by atoms with E-state index in [-0.39, 0.29) is 6.03 Å². The second-order valence-electron chi connectivity index (χ2n) is 7.55. The standard InChI is InChI=1S/C23H27N7O3/c1-16-7-8-24-19(13-16)28-20-14-21(26-15-25-20)29-9-11-30(12-10-29)23(31)27-17-5-4-6-18(32-2)22(17)33-3/h4-8,13-15H,9-12H2,1-3H3,(H,27,31)(H,24,25,26,28). The first-order chi connectivity index (χ1) is 16.1. The Morgan fingerprint density at radius 3 is 2.48 bits per heavy atom. The van der Waals surface area contributed by atoms with Crippen molar-refractivity contribution in [3.63, 3.8) is 0 Å². The van der Waals surface area contributed by atoms with Crippen molar-refractivity contribution in [3.8, 4) is 11.5 Å². The molecule has 1 saturated heterocycles. The first kappa shape index (κ1) is 22.1. The fourth-order valence-corrected chi connectivity index (χ4v) is 3.64. The summed E-state index contributed by atoms with van der Waals surface area (Å²) in [6.07, 6.45) is 3.28. The first-order valence-electron chi connectivity index (χ1n) is 10.6. The van der Waals surface area contributed by atoms with E-state index >= 15 is 0 Å². The van der Waals surface area contributed by atoms with Crippen molar-refractivity contribution >= 4 is 29.2 Å². The maximum Gasteiger partial charge on any atom is 0.322 e. The number of nitrogens with zero attached hydrogens (tertiary/aromatic N) is 5. The molecule has 10 nitrogen and oxygen atoms in total. The molecule has 3 heterocycles. The fourth-order valence-electron chi connectivity index (χ4n) is 3.64. The molecule has 2 aromatic heterocycles. The van der Waals surface area contributed by atoms with Crippen LogP contribution in [0.5, 0.6) is 11.5 Å². The molecule has 3 aromatic rings. The van der Waals surface area contributed by atoms with Crippen LogP contribution < -0.4 is 25.0 Å². The van der Waals surface area contributed by atoms with Crippen molar-refractivity contribution < 1.29 is 14.3 Å². The van der Waals surface area contributed by atoms with Crippen LogP contribution in [0.25, 0.3) is 0 Å². The normalized spacial score (nSPS) is 13.4. The molecule has 1 aliphatic rings. The Hall–Kier alpha value is -4.08. The Bertz CT molecular complexity index is 1120. The fraction of sp³-hybridized carbons (Fsp3) is 0.304. The van der Waals surface area contributed by atoms with Crippen LogP contribution in [0.4, 0.5) is 27.9 Å². The van der Waals surface area contributed by atoms with Gasteiger partial charge < -0.3 is 29.9 Å². The Morgan fingerprint density at radius 1 is 0.970 bits per heavy atom. The van der Waals surface area contributed by atoms with E-state index in [2.05, 4.69) is 30.5 Å². The highest BCUT2D eigenvalue weighted by molar-refractivity contribution is 5.91. The molecule has 1 aromatic carbocycles. The summed E-state index contributed by atoms with van der Waals surface area (Å²) in [6.45, 7) is 4.44. The minimum absolute atomic E-state index is 0.184. The molecule has 2 amide bonds. The summed E-state index contributed by atoms with van der Waals surface area (Å²) in [5.41, 5.74) is 1.68. The predicted octanol–water partition coefficient (Wildman–Crippen LogP) is 3.29. The number of ether oxygens (including phenoxy) is 2. The number of methoxy groups -OCH3 is 2. The van der Waals surface area contributed by atoms with Gasteiger partial charge in [-0.25, -0.2) is 19.7 Å². The van der Waals surface area contributed by atoms with Crippen LogP contribution in [-0.2, 0) is 0 Å². The van der Waals surface area contributed by atoms with Crippen LogP contribution in [0.15, 0.2) is 48.9 Å². The van der Waals surface area contributed by atoms with Gasteiger partial charge in [-0.2, -0.15) is 0 Å². The van der Waals surface area contributed by atoms with Crippen molar-refractivity contribution in [1.29, 1.82) is 0 Å². The zero-order chi connectivity index (χ0) is 23.2. The number of nitrogens with one attached hydrogen (secondary N) is 2. The van der Waals surface area contributed by atoms with Crippen LogP contribution >= 0.6 is 0 Å². The number of para-hydroxylation sites is 1. The zero-order valence-electron chi connectivity index (χ0n) is 18.9. The number of carbonyl (C=O) groups excluding carboxylic acids is 1. The molecule has 33 heavy (non-hydrogen) atoms. The summed E-state index contributed by atoms with van der Waals surface area (Å²) in [5.74, 6) is 3.26. The van der Waals surface area contributed by atoms with E-state index in [9.17, 15) is 4.79 Å². The van der Waals surface area contributed by atoms with Crippen LogP contribution in [0, 0.1) is 6.92 Å². The van der Waals surface area contributed by atoms with Crippen LogP contribution in [0.1, 0.15) is 5.56 Å². The number of aryl methyl sites for hydroxylation is 1. The van der Waals surface area contributed by atoms with Gasteiger partial charge in [-0.15, -0.1) is 0 Å². The van der Waals surface area contributed by atoms with E-state index in [4.69, 9.17) is 9.47 Å². The molecule has 1 fully saturated rings. The Kier molecular flexibility index (Phi) is 6.72. The lowest BCUT2D eigenvalue weighted by atomic mass is 10.2. The summed E-state index contributed by atoms with van der Waals surface area (Å²) in [7, 11) is 3.11. The van der Waals surface area contributed by atoms with Gasteiger partial charge in [-0.1, -0.05) is 6.07 Å². The molecule has 0 saturated carbocycles. The van der Waals surface area contributed by atoms with Gasteiger partial charge in [0.2, 0.25) is 0 Å². The molecule has 1 aliphatic heterocycles. The number of hydrogen-bond acceptors (Lipinski definition) is 8. The van der Waals surface area contributed by atoms with E-state index in [0.29, 0.717) is 49.2 Å². The lowest BCUT2D eigenvalue weighted by Gasteiger charge is -2.35. The Labute approximate surface area is 192 Å². The summed E-state index contributed by atoms with van der Waals surface area (Å²) in [6, 6.07) is 11.0. The lowest BCUT2D eigenvalue weighted by Crippen LogP contribution is -2.50.